The van der Waals surface area contributed by atoms with Gasteiger partial charge < -0.3 is 15.5 Å². The van der Waals surface area contributed by atoms with Gasteiger partial charge in [-0.25, -0.2) is 0 Å². The molecule has 0 spiro atoms. The fourth-order valence-electron chi connectivity index (χ4n) is 1.95. The number of carbonyl (C=O) groups is 3. The molecule has 0 radical (unpaired) electrons. The lowest BCUT2D eigenvalue weighted by Crippen LogP contribution is -2.40. The SMILES string of the molecule is C[C@@H](NC(=O)[C@@H]1[C@H](C(=O)O)C1(C)C)C(=O)O. The minimum Gasteiger partial charge on any atom is -0.481 e. The molecule has 1 rings (SSSR count). The van der Waals surface area contributed by atoms with E-state index in [4.69, 9.17) is 10.2 Å². The molecule has 0 unspecified atom stereocenters. The maximum atomic E-state index is 11.6. The molecule has 1 saturated carbocycles. The fourth-order valence-corrected chi connectivity index (χ4v) is 1.95. The third-order valence-electron chi connectivity index (χ3n) is 3.11. The molecule has 0 bridgehead atoms. The van der Waals surface area contributed by atoms with E-state index in [-0.39, 0.29) is 0 Å². The first-order chi connectivity index (χ1) is 7.19. The van der Waals surface area contributed by atoms with Crippen LogP contribution >= 0.6 is 0 Å². The molecule has 0 aliphatic heterocycles. The van der Waals surface area contributed by atoms with Crippen molar-refractivity contribution in [3.05, 3.63) is 0 Å². The van der Waals surface area contributed by atoms with E-state index in [1.165, 1.54) is 6.92 Å². The van der Waals surface area contributed by atoms with Crippen LogP contribution in [0.15, 0.2) is 0 Å². The van der Waals surface area contributed by atoms with Crippen molar-refractivity contribution in [1.82, 2.24) is 5.32 Å². The Morgan fingerprint density at radius 2 is 1.69 bits per heavy atom. The maximum absolute atomic E-state index is 11.6. The molecule has 0 aromatic rings. The minimum atomic E-state index is -1.14. The van der Waals surface area contributed by atoms with E-state index in [0.717, 1.165) is 0 Å². The summed E-state index contributed by atoms with van der Waals surface area (Å²) >= 11 is 0. The van der Waals surface area contributed by atoms with Crippen LogP contribution < -0.4 is 5.32 Å². The normalized spacial score (nSPS) is 27.9. The topological polar surface area (TPSA) is 104 Å². The molecule has 6 heteroatoms. The first kappa shape index (κ1) is 12.5. The fraction of sp³-hybridized carbons (Fsp3) is 0.700. The van der Waals surface area contributed by atoms with Crippen LogP contribution in [0.5, 0.6) is 0 Å². The predicted octanol–water partition coefficient (Wildman–Crippen LogP) is -0.0675. The van der Waals surface area contributed by atoms with Crippen molar-refractivity contribution in [2.24, 2.45) is 17.3 Å². The van der Waals surface area contributed by atoms with Crippen LogP contribution in [0, 0.1) is 17.3 Å². The number of carboxylic acids is 2. The zero-order chi connectivity index (χ0) is 12.7. The molecule has 3 N–H and O–H groups in total. The largest absolute Gasteiger partial charge is 0.481 e. The lowest BCUT2D eigenvalue weighted by molar-refractivity contribution is -0.142. The molecule has 3 atom stereocenters. The zero-order valence-electron chi connectivity index (χ0n) is 9.35. The first-order valence-electron chi connectivity index (χ1n) is 4.95. The molecule has 1 fully saturated rings. The number of carbonyl (C=O) groups excluding carboxylic acids is 1. The summed E-state index contributed by atoms with van der Waals surface area (Å²) in [6, 6.07) is -1.00. The molecule has 6 nitrogen and oxygen atoms in total. The summed E-state index contributed by atoms with van der Waals surface area (Å²) in [5.41, 5.74) is -0.603. The van der Waals surface area contributed by atoms with Gasteiger partial charge in [-0.1, -0.05) is 13.8 Å². The van der Waals surface area contributed by atoms with Crippen LogP contribution in [0.4, 0.5) is 0 Å². The summed E-state index contributed by atoms with van der Waals surface area (Å²) < 4.78 is 0. The third kappa shape index (κ3) is 2.00. The Morgan fingerprint density at radius 3 is 2.00 bits per heavy atom. The van der Waals surface area contributed by atoms with Crippen molar-refractivity contribution in [3.8, 4) is 0 Å². The summed E-state index contributed by atoms with van der Waals surface area (Å²) in [4.78, 5) is 33.0. The summed E-state index contributed by atoms with van der Waals surface area (Å²) in [6.45, 7) is 4.70. The van der Waals surface area contributed by atoms with Gasteiger partial charge in [-0.15, -0.1) is 0 Å². The second-order valence-electron chi connectivity index (χ2n) is 4.68. The molecule has 1 aliphatic rings. The lowest BCUT2D eigenvalue weighted by Gasteiger charge is -2.09. The molecule has 1 aliphatic carbocycles. The highest BCUT2D eigenvalue weighted by molar-refractivity contribution is 5.93. The predicted molar refractivity (Wildman–Crippen MR) is 53.6 cm³/mol. The highest BCUT2D eigenvalue weighted by Gasteiger charge is 2.66. The van der Waals surface area contributed by atoms with E-state index < -0.39 is 41.1 Å². The molecule has 0 aromatic carbocycles. The van der Waals surface area contributed by atoms with Gasteiger partial charge in [0.1, 0.15) is 6.04 Å². The van der Waals surface area contributed by atoms with Crippen molar-refractivity contribution in [1.29, 1.82) is 0 Å². The zero-order valence-corrected chi connectivity index (χ0v) is 9.35. The number of carboxylic acid groups (broad SMARTS) is 2. The number of nitrogens with one attached hydrogen (secondary N) is 1. The summed E-state index contributed by atoms with van der Waals surface area (Å²) in [5.74, 6) is -4.04. The van der Waals surface area contributed by atoms with E-state index in [2.05, 4.69) is 5.32 Å². The van der Waals surface area contributed by atoms with E-state index in [1.807, 2.05) is 0 Å². The summed E-state index contributed by atoms with van der Waals surface area (Å²) in [5, 5.41) is 19.7. The second kappa shape index (κ2) is 3.77. The van der Waals surface area contributed by atoms with Gasteiger partial charge in [-0.3, -0.25) is 14.4 Å². The second-order valence-corrected chi connectivity index (χ2v) is 4.68. The minimum absolute atomic E-state index is 0.507. The molecular formula is C10H15NO5. The van der Waals surface area contributed by atoms with Crippen LogP contribution in [-0.4, -0.2) is 34.1 Å². The van der Waals surface area contributed by atoms with E-state index in [1.54, 1.807) is 13.8 Å². The van der Waals surface area contributed by atoms with Crippen LogP contribution in [-0.2, 0) is 14.4 Å². The van der Waals surface area contributed by atoms with Gasteiger partial charge in [0.25, 0.3) is 0 Å². The molecule has 0 heterocycles. The standard InChI is InChI=1S/C10H15NO5/c1-4(8(13)14)11-7(12)5-6(9(15)16)10(5,2)3/h4-6H,1-3H3,(H,11,12)(H,13,14)(H,15,16)/t4-,5+,6-/m1/s1. The smallest absolute Gasteiger partial charge is 0.325 e. The average molecular weight is 229 g/mol. The Hall–Kier alpha value is -1.59. The molecule has 90 valence electrons. The van der Waals surface area contributed by atoms with Crippen LogP contribution in [0.2, 0.25) is 0 Å². The number of rotatable bonds is 4. The highest BCUT2D eigenvalue weighted by Crippen LogP contribution is 2.58. The monoisotopic (exact) mass is 229 g/mol. The van der Waals surface area contributed by atoms with Gasteiger partial charge in [-0.2, -0.15) is 0 Å². The van der Waals surface area contributed by atoms with Gasteiger partial charge in [0.15, 0.2) is 0 Å². The Balaban J connectivity index is 2.64. The Kier molecular flexibility index (Phi) is 2.94. The van der Waals surface area contributed by atoms with Crippen LogP contribution in [0.25, 0.3) is 0 Å². The molecule has 0 aromatic heterocycles. The summed E-state index contributed by atoms with van der Waals surface area (Å²) in [7, 11) is 0. The highest BCUT2D eigenvalue weighted by atomic mass is 16.4. The van der Waals surface area contributed by atoms with Gasteiger partial charge in [0, 0.05) is 0 Å². The first-order valence-corrected chi connectivity index (χ1v) is 4.95. The van der Waals surface area contributed by atoms with Gasteiger partial charge >= 0.3 is 11.9 Å². The molecule has 1 amide bonds. The van der Waals surface area contributed by atoms with Crippen molar-refractivity contribution < 1.29 is 24.6 Å². The van der Waals surface area contributed by atoms with E-state index >= 15 is 0 Å². The van der Waals surface area contributed by atoms with Crippen molar-refractivity contribution >= 4 is 17.8 Å². The maximum Gasteiger partial charge on any atom is 0.325 e. The Labute approximate surface area is 92.6 Å². The van der Waals surface area contributed by atoms with Crippen LogP contribution in [0.3, 0.4) is 0 Å². The third-order valence-corrected chi connectivity index (χ3v) is 3.11. The van der Waals surface area contributed by atoms with Crippen molar-refractivity contribution in [2.75, 3.05) is 0 Å². The Bertz CT molecular complexity index is 349. The number of amides is 1. The molecule has 16 heavy (non-hydrogen) atoms. The number of aliphatic carboxylic acids is 2. The number of hydrogen-bond donors (Lipinski definition) is 3. The molecule has 0 saturated heterocycles. The van der Waals surface area contributed by atoms with Crippen molar-refractivity contribution in [3.63, 3.8) is 0 Å². The number of hydrogen-bond acceptors (Lipinski definition) is 3. The quantitative estimate of drug-likeness (QED) is 0.626. The van der Waals surface area contributed by atoms with Gasteiger partial charge in [-0.05, 0) is 12.3 Å². The summed E-state index contributed by atoms with van der Waals surface area (Å²) in [6.07, 6.45) is 0. The van der Waals surface area contributed by atoms with E-state index in [0.29, 0.717) is 0 Å². The lowest BCUT2D eigenvalue weighted by atomic mass is 10.1. The molecular weight excluding hydrogens is 214 g/mol. The van der Waals surface area contributed by atoms with Crippen LogP contribution in [0.1, 0.15) is 20.8 Å². The van der Waals surface area contributed by atoms with Crippen molar-refractivity contribution in [2.45, 2.75) is 26.8 Å². The van der Waals surface area contributed by atoms with E-state index in [9.17, 15) is 14.4 Å². The van der Waals surface area contributed by atoms with Gasteiger partial charge in [0.2, 0.25) is 5.91 Å². The average Bonchev–Trinajstić information content (AvgIpc) is 2.68. The van der Waals surface area contributed by atoms with Gasteiger partial charge in [0.05, 0.1) is 11.8 Å². The Morgan fingerprint density at radius 1 is 1.19 bits per heavy atom.